The van der Waals surface area contributed by atoms with E-state index in [1.54, 1.807) is 6.92 Å². The third kappa shape index (κ3) is 3.61. The number of nitrogens with zero attached hydrogens (tertiary/aromatic N) is 1. The van der Waals surface area contributed by atoms with Crippen LogP contribution in [0.2, 0.25) is 0 Å². The normalized spacial score (nSPS) is 9.00. The average Bonchev–Trinajstić information content (AvgIpc) is 2.34. The first kappa shape index (κ1) is 12.7. The molecule has 1 rings (SSSR count). The van der Waals surface area contributed by atoms with E-state index in [9.17, 15) is 14.9 Å². The van der Waals surface area contributed by atoms with Gasteiger partial charge in [0.25, 0.3) is 5.69 Å². The van der Waals surface area contributed by atoms with Crippen LogP contribution < -0.4 is 4.74 Å². The minimum atomic E-state index is -0.556. The summed E-state index contributed by atoms with van der Waals surface area (Å²) >= 11 is 0. The van der Waals surface area contributed by atoms with E-state index in [1.165, 1.54) is 18.2 Å². The maximum atomic E-state index is 10.8. The van der Waals surface area contributed by atoms with Crippen molar-refractivity contribution in [2.75, 3.05) is 6.61 Å². The summed E-state index contributed by atoms with van der Waals surface area (Å²) in [6.07, 6.45) is 1.08. The van der Waals surface area contributed by atoms with Gasteiger partial charge in [-0.2, -0.15) is 0 Å². The smallest absolute Gasteiger partial charge is 0.270 e. The number of rotatable bonds is 5. The van der Waals surface area contributed by atoms with Gasteiger partial charge >= 0.3 is 0 Å². The zero-order valence-electron chi connectivity index (χ0n) is 9.30. The Morgan fingerprint density at radius 2 is 2.29 bits per heavy atom. The van der Waals surface area contributed by atoms with Crippen molar-refractivity contribution in [1.82, 2.24) is 0 Å². The number of non-ortho nitro benzene ring substituents is 1. The molecule has 0 aliphatic heterocycles. The number of nitro groups is 1. The summed E-state index contributed by atoms with van der Waals surface area (Å²) in [5.74, 6) is 5.87. The number of nitro benzene ring substituents is 1. The lowest BCUT2D eigenvalue weighted by Crippen LogP contribution is -2.00. The van der Waals surface area contributed by atoms with Crippen LogP contribution in [0.3, 0.4) is 0 Å². The van der Waals surface area contributed by atoms with Gasteiger partial charge in [0.1, 0.15) is 5.75 Å². The van der Waals surface area contributed by atoms with E-state index in [-0.39, 0.29) is 11.3 Å². The van der Waals surface area contributed by atoms with E-state index in [0.717, 1.165) is 0 Å². The van der Waals surface area contributed by atoms with Crippen LogP contribution in [0.15, 0.2) is 18.2 Å². The Labute approximate surface area is 98.5 Å². The lowest BCUT2D eigenvalue weighted by Gasteiger charge is -2.06. The third-order valence-electron chi connectivity index (χ3n) is 1.99. The van der Waals surface area contributed by atoms with Crippen LogP contribution in [-0.4, -0.2) is 17.8 Å². The first-order chi connectivity index (χ1) is 8.19. The number of ether oxygens (including phenoxy) is 1. The first-order valence-electron chi connectivity index (χ1n) is 4.95. The number of carbonyl (C=O) groups excluding carboxylic acids is 1. The molecule has 0 N–H and O–H groups in total. The summed E-state index contributed by atoms with van der Waals surface area (Å²) in [6.45, 7) is 2.07. The molecular formula is C12H11NO4. The molecule has 0 aromatic heterocycles. The SMILES string of the molecule is CC#CCCOc1ccc([N+](=O)[O-])cc1C=O. The van der Waals surface area contributed by atoms with Crippen molar-refractivity contribution in [2.45, 2.75) is 13.3 Å². The molecule has 5 heteroatoms. The first-order valence-corrected chi connectivity index (χ1v) is 4.95. The number of benzene rings is 1. The molecule has 0 bridgehead atoms. The Morgan fingerprint density at radius 1 is 1.53 bits per heavy atom. The fraction of sp³-hybridized carbons (Fsp3) is 0.250. The van der Waals surface area contributed by atoms with Crippen molar-refractivity contribution >= 4 is 12.0 Å². The van der Waals surface area contributed by atoms with Crippen molar-refractivity contribution < 1.29 is 14.5 Å². The van der Waals surface area contributed by atoms with Crippen molar-refractivity contribution in [3.63, 3.8) is 0 Å². The Bertz CT molecular complexity index is 485. The zero-order valence-corrected chi connectivity index (χ0v) is 9.30. The summed E-state index contributed by atoms with van der Waals surface area (Å²) in [6, 6.07) is 3.91. The Balaban J connectivity index is 2.80. The van der Waals surface area contributed by atoms with Crippen LogP contribution in [0.4, 0.5) is 5.69 Å². The van der Waals surface area contributed by atoms with Gasteiger partial charge in [0.05, 0.1) is 17.1 Å². The predicted octanol–water partition coefficient (Wildman–Crippen LogP) is 2.20. The maximum absolute atomic E-state index is 10.8. The topological polar surface area (TPSA) is 69.4 Å². The van der Waals surface area contributed by atoms with Crippen molar-refractivity contribution in [3.05, 3.63) is 33.9 Å². The van der Waals surface area contributed by atoms with E-state index in [0.29, 0.717) is 25.1 Å². The van der Waals surface area contributed by atoms with Gasteiger partial charge in [0.2, 0.25) is 0 Å². The molecule has 88 valence electrons. The molecule has 0 fully saturated rings. The van der Waals surface area contributed by atoms with Crippen LogP contribution in [-0.2, 0) is 0 Å². The molecule has 0 amide bonds. The van der Waals surface area contributed by atoms with Crippen molar-refractivity contribution in [3.8, 4) is 17.6 Å². The van der Waals surface area contributed by atoms with Gasteiger partial charge in [-0.3, -0.25) is 14.9 Å². The van der Waals surface area contributed by atoms with Crippen LogP contribution >= 0.6 is 0 Å². The standard InChI is InChI=1S/C12H11NO4/c1-2-3-4-7-17-12-6-5-11(13(15)16)8-10(12)9-14/h5-6,8-9H,4,7H2,1H3. The lowest BCUT2D eigenvalue weighted by molar-refractivity contribution is -0.384. The molecular weight excluding hydrogens is 222 g/mol. The van der Waals surface area contributed by atoms with E-state index in [2.05, 4.69) is 11.8 Å². The Morgan fingerprint density at radius 3 is 2.88 bits per heavy atom. The van der Waals surface area contributed by atoms with Gasteiger partial charge < -0.3 is 4.74 Å². The number of aldehydes is 1. The van der Waals surface area contributed by atoms with Gasteiger partial charge in [-0.1, -0.05) is 0 Å². The van der Waals surface area contributed by atoms with Gasteiger partial charge in [0, 0.05) is 18.6 Å². The quantitative estimate of drug-likeness (QED) is 0.257. The molecule has 1 aromatic carbocycles. The molecule has 0 unspecified atom stereocenters. The van der Waals surface area contributed by atoms with Crippen molar-refractivity contribution in [1.29, 1.82) is 0 Å². The second kappa shape index (κ2) is 6.28. The maximum Gasteiger partial charge on any atom is 0.270 e. The van der Waals surface area contributed by atoms with Gasteiger partial charge in [-0.15, -0.1) is 11.8 Å². The lowest BCUT2D eigenvalue weighted by atomic mass is 10.2. The highest BCUT2D eigenvalue weighted by Crippen LogP contribution is 2.22. The largest absolute Gasteiger partial charge is 0.492 e. The molecule has 0 saturated heterocycles. The summed E-state index contributed by atoms with van der Waals surface area (Å²) in [5, 5.41) is 10.5. The highest BCUT2D eigenvalue weighted by molar-refractivity contribution is 5.80. The summed E-state index contributed by atoms with van der Waals surface area (Å²) in [7, 11) is 0. The number of hydrogen-bond donors (Lipinski definition) is 0. The minimum Gasteiger partial charge on any atom is -0.492 e. The van der Waals surface area contributed by atoms with Crippen LogP contribution in [0.25, 0.3) is 0 Å². The second-order valence-electron chi connectivity index (χ2n) is 3.12. The van der Waals surface area contributed by atoms with Crippen LogP contribution in [0, 0.1) is 22.0 Å². The van der Waals surface area contributed by atoms with Crippen LogP contribution in [0.5, 0.6) is 5.75 Å². The van der Waals surface area contributed by atoms with E-state index < -0.39 is 4.92 Å². The minimum absolute atomic E-state index is 0.132. The van der Waals surface area contributed by atoms with Gasteiger partial charge in [0.15, 0.2) is 6.29 Å². The molecule has 0 aliphatic rings. The molecule has 0 atom stereocenters. The highest BCUT2D eigenvalue weighted by atomic mass is 16.6. The molecule has 5 nitrogen and oxygen atoms in total. The van der Waals surface area contributed by atoms with E-state index in [1.807, 2.05) is 0 Å². The monoisotopic (exact) mass is 233 g/mol. The van der Waals surface area contributed by atoms with E-state index in [4.69, 9.17) is 4.74 Å². The van der Waals surface area contributed by atoms with Crippen LogP contribution in [0.1, 0.15) is 23.7 Å². The average molecular weight is 233 g/mol. The molecule has 0 radical (unpaired) electrons. The van der Waals surface area contributed by atoms with Gasteiger partial charge in [-0.05, 0) is 13.0 Å². The fourth-order valence-corrected chi connectivity index (χ4v) is 1.21. The molecule has 0 aliphatic carbocycles. The van der Waals surface area contributed by atoms with Gasteiger partial charge in [-0.25, -0.2) is 0 Å². The zero-order chi connectivity index (χ0) is 12.7. The summed E-state index contributed by atoms with van der Waals surface area (Å²) in [5.41, 5.74) is 0.0384. The van der Waals surface area contributed by atoms with E-state index >= 15 is 0 Å². The Hall–Kier alpha value is -2.35. The second-order valence-corrected chi connectivity index (χ2v) is 3.12. The summed E-state index contributed by atoms with van der Waals surface area (Å²) in [4.78, 5) is 20.7. The van der Waals surface area contributed by atoms with Crippen molar-refractivity contribution in [2.24, 2.45) is 0 Å². The third-order valence-corrected chi connectivity index (χ3v) is 1.99. The molecule has 0 heterocycles. The number of hydrogen-bond acceptors (Lipinski definition) is 4. The molecule has 0 spiro atoms. The predicted molar refractivity (Wildman–Crippen MR) is 62.0 cm³/mol. The number of carbonyl (C=O) groups is 1. The Kier molecular flexibility index (Phi) is 4.70. The molecule has 1 aromatic rings. The summed E-state index contributed by atoms with van der Waals surface area (Å²) < 4.78 is 5.31. The molecule has 0 saturated carbocycles. The highest BCUT2D eigenvalue weighted by Gasteiger charge is 2.10. The fourth-order valence-electron chi connectivity index (χ4n) is 1.21. The molecule has 17 heavy (non-hydrogen) atoms.